The monoisotopic (exact) mass is 452 g/mol. The molecule has 3 rings (SSSR count). The van der Waals surface area contributed by atoms with Gasteiger partial charge in [-0.1, -0.05) is 36.4 Å². The molecule has 1 saturated carbocycles. The van der Waals surface area contributed by atoms with E-state index in [4.69, 9.17) is 4.74 Å². The molecule has 134 valence electrons. The van der Waals surface area contributed by atoms with Gasteiger partial charge in [-0.25, -0.2) is 4.98 Å². The Hall–Kier alpha value is -1.83. The predicted octanol–water partition coefficient (Wildman–Crippen LogP) is 3.35. The second kappa shape index (κ2) is 10.2. The van der Waals surface area contributed by atoms with Crippen LogP contribution in [0, 0.1) is 5.92 Å². The van der Waals surface area contributed by atoms with Crippen molar-refractivity contribution in [3.63, 3.8) is 0 Å². The standard InChI is InChI=1S/C19H24N4O.HI/c1-20-19(22-12-15-9-10-15)23-13-17-8-5-11-21-18(17)24-14-16-6-3-2-4-7-16;/h2-8,11,15H,9-10,12-14H2,1H3,(H2,20,22,23);1H. The lowest BCUT2D eigenvalue weighted by Gasteiger charge is -2.14. The molecule has 6 heteroatoms. The third kappa shape index (κ3) is 6.53. The zero-order chi connectivity index (χ0) is 16.6. The van der Waals surface area contributed by atoms with Crippen LogP contribution in [0.15, 0.2) is 53.7 Å². The first-order chi connectivity index (χ1) is 11.8. The number of benzene rings is 1. The number of guanidine groups is 1. The summed E-state index contributed by atoms with van der Waals surface area (Å²) in [5, 5.41) is 6.68. The Morgan fingerprint density at radius 1 is 1.16 bits per heavy atom. The third-order valence-corrected chi connectivity index (χ3v) is 3.99. The van der Waals surface area contributed by atoms with Crippen molar-refractivity contribution in [2.75, 3.05) is 13.6 Å². The lowest BCUT2D eigenvalue weighted by atomic mass is 10.2. The normalized spacial score (nSPS) is 13.7. The van der Waals surface area contributed by atoms with Gasteiger partial charge in [0.2, 0.25) is 5.88 Å². The van der Waals surface area contributed by atoms with Crippen molar-refractivity contribution in [1.29, 1.82) is 0 Å². The van der Waals surface area contributed by atoms with Crippen LogP contribution in [0.3, 0.4) is 0 Å². The minimum absolute atomic E-state index is 0. The number of aromatic nitrogens is 1. The highest BCUT2D eigenvalue weighted by atomic mass is 127. The Morgan fingerprint density at radius 2 is 1.96 bits per heavy atom. The van der Waals surface area contributed by atoms with Crippen molar-refractivity contribution in [2.24, 2.45) is 10.9 Å². The van der Waals surface area contributed by atoms with Crippen LogP contribution in [-0.4, -0.2) is 24.5 Å². The Morgan fingerprint density at radius 3 is 2.68 bits per heavy atom. The maximum Gasteiger partial charge on any atom is 0.218 e. The average molecular weight is 452 g/mol. The van der Waals surface area contributed by atoms with E-state index in [-0.39, 0.29) is 24.0 Å². The summed E-state index contributed by atoms with van der Waals surface area (Å²) in [5.74, 6) is 2.29. The number of nitrogens with one attached hydrogen (secondary N) is 2. The first-order valence-corrected chi connectivity index (χ1v) is 8.40. The first-order valence-electron chi connectivity index (χ1n) is 8.40. The highest BCUT2D eigenvalue weighted by molar-refractivity contribution is 14.0. The molecule has 1 heterocycles. The molecule has 2 aromatic rings. The van der Waals surface area contributed by atoms with E-state index in [1.54, 1.807) is 13.2 Å². The largest absolute Gasteiger partial charge is 0.473 e. The summed E-state index contributed by atoms with van der Waals surface area (Å²) in [4.78, 5) is 8.62. The van der Waals surface area contributed by atoms with E-state index in [0.717, 1.165) is 29.5 Å². The molecule has 0 spiro atoms. The van der Waals surface area contributed by atoms with Gasteiger partial charge >= 0.3 is 0 Å². The van der Waals surface area contributed by atoms with E-state index in [2.05, 4.69) is 20.6 Å². The summed E-state index contributed by atoms with van der Waals surface area (Å²) in [6.45, 7) is 2.13. The summed E-state index contributed by atoms with van der Waals surface area (Å²) in [5.41, 5.74) is 2.15. The van der Waals surface area contributed by atoms with Gasteiger partial charge < -0.3 is 15.4 Å². The number of rotatable bonds is 7. The number of ether oxygens (including phenoxy) is 1. The quantitative estimate of drug-likeness (QED) is 0.385. The summed E-state index contributed by atoms with van der Waals surface area (Å²) in [7, 11) is 1.79. The molecule has 1 aliphatic rings. The fourth-order valence-electron chi connectivity index (χ4n) is 2.38. The SMILES string of the molecule is CN=C(NCc1cccnc1OCc1ccccc1)NCC1CC1.I. The molecule has 0 amide bonds. The zero-order valence-corrected chi connectivity index (χ0v) is 16.8. The Labute approximate surface area is 166 Å². The van der Waals surface area contributed by atoms with Crippen molar-refractivity contribution < 1.29 is 4.74 Å². The molecule has 1 aromatic heterocycles. The van der Waals surface area contributed by atoms with Crippen LogP contribution >= 0.6 is 24.0 Å². The van der Waals surface area contributed by atoms with Gasteiger partial charge in [-0.05, 0) is 30.4 Å². The van der Waals surface area contributed by atoms with Gasteiger partial charge in [-0.15, -0.1) is 24.0 Å². The molecule has 0 aliphatic heterocycles. The van der Waals surface area contributed by atoms with Crippen LogP contribution in [-0.2, 0) is 13.2 Å². The molecule has 1 fully saturated rings. The molecule has 0 radical (unpaired) electrons. The van der Waals surface area contributed by atoms with E-state index in [1.807, 2.05) is 42.5 Å². The summed E-state index contributed by atoms with van der Waals surface area (Å²) >= 11 is 0. The van der Waals surface area contributed by atoms with E-state index in [9.17, 15) is 0 Å². The minimum Gasteiger partial charge on any atom is -0.473 e. The smallest absolute Gasteiger partial charge is 0.218 e. The molecular weight excluding hydrogens is 427 g/mol. The Kier molecular flexibility index (Phi) is 7.97. The number of halogens is 1. The number of hydrogen-bond donors (Lipinski definition) is 2. The van der Waals surface area contributed by atoms with Crippen LogP contribution < -0.4 is 15.4 Å². The molecule has 0 bridgehead atoms. The van der Waals surface area contributed by atoms with Crippen LogP contribution in [0.2, 0.25) is 0 Å². The number of pyridine rings is 1. The van der Waals surface area contributed by atoms with Crippen molar-refractivity contribution >= 4 is 29.9 Å². The number of hydrogen-bond acceptors (Lipinski definition) is 3. The third-order valence-electron chi connectivity index (χ3n) is 3.99. The van der Waals surface area contributed by atoms with Crippen molar-refractivity contribution in [3.8, 4) is 5.88 Å². The van der Waals surface area contributed by atoms with Crippen molar-refractivity contribution in [1.82, 2.24) is 15.6 Å². The van der Waals surface area contributed by atoms with Gasteiger partial charge in [-0.2, -0.15) is 0 Å². The topological polar surface area (TPSA) is 58.5 Å². The van der Waals surface area contributed by atoms with E-state index in [1.165, 1.54) is 12.8 Å². The fourth-order valence-corrected chi connectivity index (χ4v) is 2.38. The van der Waals surface area contributed by atoms with Gasteiger partial charge in [0.25, 0.3) is 0 Å². The fraction of sp³-hybridized carbons (Fsp3) is 0.368. The van der Waals surface area contributed by atoms with Crippen LogP contribution in [0.25, 0.3) is 0 Å². The number of aliphatic imine (C=N–C) groups is 1. The van der Waals surface area contributed by atoms with Gasteiger partial charge in [-0.3, -0.25) is 4.99 Å². The van der Waals surface area contributed by atoms with Gasteiger partial charge in [0.05, 0.1) is 0 Å². The second-order valence-corrected chi connectivity index (χ2v) is 5.99. The highest BCUT2D eigenvalue weighted by Crippen LogP contribution is 2.27. The van der Waals surface area contributed by atoms with E-state index >= 15 is 0 Å². The maximum absolute atomic E-state index is 5.89. The molecule has 0 saturated heterocycles. The van der Waals surface area contributed by atoms with Crippen LogP contribution in [0.5, 0.6) is 5.88 Å². The van der Waals surface area contributed by atoms with Crippen molar-refractivity contribution in [2.45, 2.75) is 26.0 Å². The number of nitrogens with zero attached hydrogens (tertiary/aromatic N) is 2. The molecule has 1 aliphatic carbocycles. The zero-order valence-electron chi connectivity index (χ0n) is 14.4. The second-order valence-electron chi connectivity index (χ2n) is 5.99. The first kappa shape index (κ1) is 19.5. The lowest BCUT2D eigenvalue weighted by molar-refractivity contribution is 0.290. The van der Waals surface area contributed by atoms with Crippen LogP contribution in [0.1, 0.15) is 24.0 Å². The van der Waals surface area contributed by atoms with E-state index < -0.39 is 0 Å². The van der Waals surface area contributed by atoms with Gasteiger partial charge in [0, 0.05) is 31.9 Å². The average Bonchev–Trinajstić information content (AvgIpc) is 3.46. The maximum atomic E-state index is 5.89. The Bertz CT molecular complexity index is 674. The minimum atomic E-state index is 0. The molecule has 1 aromatic carbocycles. The predicted molar refractivity (Wildman–Crippen MR) is 111 cm³/mol. The summed E-state index contributed by atoms with van der Waals surface area (Å²) in [6.07, 6.45) is 4.40. The van der Waals surface area contributed by atoms with Crippen LogP contribution in [0.4, 0.5) is 0 Å². The molecule has 0 unspecified atom stereocenters. The highest BCUT2D eigenvalue weighted by Gasteiger charge is 2.21. The molecular formula is C19H25IN4O. The summed E-state index contributed by atoms with van der Waals surface area (Å²) in [6, 6.07) is 14.1. The molecule has 0 atom stereocenters. The molecule has 2 N–H and O–H groups in total. The molecule has 25 heavy (non-hydrogen) atoms. The van der Waals surface area contributed by atoms with E-state index in [0.29, 0.717) is 19.0 Å². The molecule has 5 nitrogen and oxygen atoms in total. The van der Waals surface area contributed by atoms with Gasteiger partial charge in [0.15, 0.2) is 5.96 Å². The van der Waals surface area contributed by atoms with Gasteiger partial charge in [0.1, 0.15) is 6.61 Å². The van der Waals surface area contributed by atoms with Crippen molar-refractivity contribution in [3.05, 3.63) is 59.8 Å². The Balaban J connectivity index is 0.00000225. The summed E-state index contributed by atoms with van der Waals surface area (Å²) < 4.78 is 5.89. The lowest BCUT2D eigenvalue weighted by Crippen LogP contribution is -2.37.